The fourth-order valence-electron chi connectivity index (χ4n) is 1.45. The number of hydrogen-bond acceptors (Lipinski definition) is 3. The molecular formula is C14H19ClFNO3S. The summed E-state index contributed by atoms with van der Waals surface area (Å²) in [5.41, 5.74) is -0.210. The Bertz CT molecular complexity index is 642. The average Bonchev–Trinajstić information content (AvgIpc) is 2.34. The maximum Gasteiger partial charge on any atom is 0.261 e. The fourth-order valence-corrected chi connectivity index (χ4v) is 2.24. The van der Waals surface area contributed by atoms with E-state index in [0.29, 0.717) is 12.5 Å². The minimum absolute atomic E-state index is 0.0752. The van der Waals surface area contributed by atoms with E-state index in [2.05, 4.69) is 5.32 Å². The Balaban J connectivity index is 2.97. The van der Waals surface area contributed by atoms with E-state index in [0.717, 1.165) is 18.2 Å². The standard InChI is InChI=1S/C14H19ClFNO3S/c1-9(2)14(3,4)8-17-13(18)10-5-11(16)7-12(6-10)21(15,19)20/h5-7,9H,8H2,1-4H3,(H,17,18). The van der Waals surface area contributed by atoms with Crippen LogP contribution >= 0.6 is 10.7 Å². The first-order valence-corrected chi connectivity index (χ1v) is 8.78. The molecule has 1 aromatic carbocycles. The number of carbonyl (C=O) groups is 1. The second kappa shape index (κ2) is 6.32. The van der Waals surface area contributed by atoms with Gasteiger partial charge in [-0.3, -0.25) is 4.79 Å². The number of hydrogen-bond donors (Lipinski definition) is 1. The molecular weight excluding hydrogens is 317 g/mol. The summed E-state index contributed by atoms with van der Waals surface area (Å²) in [6, 6.07) is 2.81. The Labute approximate surface area is 129 Å². The highest BCUT2D eigenvalue weighted by Gasteiger charge is 2.23. The lowest BCUT2D eigenvalue weighted by Crippen LogP contribution is -2.37. The Hall–Kier alpha value is -1.14. The lowest BCUT2D eigenvalue weighted by Gasteiger charge is -2.29. The minimum Gasteiger partial charge on any atom is -0.351 e. The predicted molar refractivity (Wildman–Crippen MR) is 80.4 cm³/mol. The third-order valence-corrected chi connectivity index (χ3v) is 5.02. The summed E-state index contributed by atoms with van der Waals surface area (Å²) in [6.07, 6.45) is 0. The van der Waals surface area contributed by atoms with Gasteiger partial charge in [-0.25, -0.2) is 12.8 Å². The second-order valence-electron chi connectivity index (χ2n) is 5.94. The van der Waals surface area contributed by atoms with Crippen LogP contribution in [-0.2, 0) is 9.05 Å². The summed E-state index contributed by atoms with van der Waals surface area (Å²) in [4.78, 5) is 11.6. The predicted octanol–water partition coefficient (Wildman–Crippen LogP) is 3.17. The van der Waals surface area contributed by atoms with E-state index in [9.17, 15) is 17.6 Å². The molecule has 0 aliphatic rings. The first-order valence-electron chi connectivity index (χ1n) is 6.47. The van der Waals surface area contributed by atoms with Crippen molar-refractivity contribution in [2.75, 3.05) is 6.54 Å². The SMILES string of the molecule is CC(C)C(C)(C)CNC(=O)c1cc(F)cc(S(=O)(=O)Cl)c1. The van der Waals surface area contributed by atoms with Gasteiger partial charge in [-0.2, -0.15) is 0 Å². The van der Waals surface area contributed by atoms with E-state index in [1.807, 2.05) is 27.7 Å². The zero-order chi connectivity index (χ0) is 16.4. The topological polar surface area (TPSA) is 63.2 Å². The maximum atomic E-state index is 13.4. The molecule has 118 valence electrons. The molecule has 0 atom stereocenters. The molecule has 1 amide bonds. The molecule has 0 aromatic heterocycles. The normalized spacial score (nSPS) is 12.5. The molecule has 0 unspecified atom stereocenters. The highest BCUT2D eigenvalue weighted by atomic mass is 35.7. The number of nitrogens with one attached hydrogen (secondary N) is 1. The molecule has 1 N–H and O–H groups in total. The number of rotatable bonds is 5. The van der Waals surface area contributed by atoms with Crippen molar-refractivity contribution in [2.24, 2.45) is 11.3 Å². The summed E-state index contributed by atoms with van der Waals surface area (Å²) in [6.45, 7) is 8.46. The van der Waals surface area contributed by atoms with Crippen LogP contribution in [-0.4, -0.2) is 20.9 Å². The average molecular weight is 336 g/mol. The lowest BCUT2D eigenvalue weighted by atomic mass is 9.81. The second-order valence-corrected chi connectivity index (χ2v) is 8.51. The molecule has 7 heteroatoms. The van der Waals surface area contributed by atoms with Gasteiger partial charge in [-0.15, -0.1) is 0 Å². The molecule has 1 rings (SSSR count). The molecule has 0 spiro atoms. The molecule has 0 fully saturated rings. The first-order chi connectivity index (χ1) is 9.43. The Morgan fingerprint density at radius 2 is 1.90 bits per heavy atom. The van der Waals surface area contributed by atoms with Crippen LogP contribution in [0.1, 0.15) is 38.1 Å². The van der Waals surface area contributed by atoms with Crippen molar-refractivity contribution in [3.8, 4) is 0 Å². The molecule has 0 aliphatic heterocycles. The number of amides is 1. The minimum atomic E-state index is -4.09. The van der Waals surface area contributed by atoms with Gasteiger partial charge in [0.2, 0.25) is 0 Å². The van der Waals surface area contributed by atoms with E-state index < -0.39 is 25.7 Å². The smallest absolute Gasteiger partial charge is 0.261 e. The molecule has 0 saturated carbocycles. The van der Waals surface area contributed by atoms with Gasteiger partial charge in [0.25, 0.3) is 15.0 Å². The zero-order valence-corrected chi connectivity index (χ0v) is 14.0. The van der Waals surface area contributed by atoms with Crippen molar-refractivity contribution in [3.63, 3.8) is 0 Å². The van der Waals surface area contributed by atoms with E-state index in [1.165, 1.54) is 0 Å². The number of benzene rings is 1. The molecule has 0 radical (unpaired) electrons. The van der Waals surface area contributed by atoms with Crippen LogP contribution in [0.4, 0.5) is 4.39 Å². The highest BCUT2D eigenvalue weighted by Crippen LogP contribution is 2.25. The van der Waals surface area contributed by atoms with Gasteiger partial charge in [0.05, 0.1) is 4.90 Å². The van der Waals surface area contributed by atoms with Crippen LogP contribution in [0.3, 0.4) is 0 Å². The van der Waals surface area contributed by atoms with Crippen LogP contribution in [0.5, 0.6) is 0 Å². The Morgan fingerprint density at radius 1 is 1.33 bits per heavy atom. The molecule has 0 bridgehead atoms. The van der Waals surface area contributed by atoms with Crippen LogP contribution < -0.4 is 5.32 Å². The first kappa shape index (κ1) is 17.9. The third-order valence-electron chi connectivity index (χ3n) is 3.68. The highest BCUT2D eigenvalue weighted by molar-refractivity contribution is 8.13. The van der Waals surface area contributed by atoms with Gasteiger partial charge in [0.15, 0.2) is 0 Å². The number of carbonyl (C=O) groups excluding carboxylic acids is 1. The van der Waals surface area contributed by atoms with Crippen molar-refractivity contribution >= 4 is 25.6 Å². The lowest BCUT2D eigenvalue weighted by molar-refractivity contribution is 0.0924. The summed E-state index contributed by atoms with van der Waals surface area (Å²) < 4.78 is 35.9. The van der Waals surface area contributed by atoms with E-state index in [4.69, 9.17) is 10.7 Å². The maximum absolute atomic E-state index is 13.4. The zero-order valence-electron chi connectivity index (χ0n) is 12.4. The van der Waals surface area contributed by atoms with Crippen LogP contribution in [0.25, 0.3) is 0 Å². The Morgan fingerprint density at radius 3 is 2.38 bits per heavy atom. The molecule has 4 nitrogen and oxygen atoms in total. The summed E-state index contributed by atoms with van der Waals surface area (Å²) in [7, 11) is 1.09. The molecule has 0 aliphatic carbocycles. The number of halogens is 2. The van der Waals surface area contributed by atoms with Crippen molar-refractivity contribution < 1.29 is 17.6 Å². The molecule has 21 heavy (non-hydrogen) atoms. The molecule has 0 saturated heterocycles. The van der Waals surface area contributed by atoms with Crippen molar-refractivity contribution in [1.82, 2.24) is 5.32 Å². The largest absolute Gasteiger partial charge is 0.351 e. The molecule has 0 heterocycles. The van der Waals surface area contributed by atoms with Crippen molar-refractivity contribution in [1.29, 1.82) is 0 Å². The van der Waals surface area contributed by atoms with E-state index in [1.54, 1.807) is 0 Å². The van der Waals surface area contributed by atoms with Gasteiger partial charge in [-0.05, 0) is 29.5 Å². The van der Waals surface area contributed by atoms with Gasteiger partial charge in [-0.1, -0.05) is 27.7 Å². The quantitative estimate of drug-likeness (QED) is 0.841. The van der Waals surface area contributed by atoms with E-state index in [-0.39, 0.29) is 11.0 Å². The summed E-state index contributed by atoms with van der Waals surface area (Å²) in [5.74, 6) is -1.03. The van der Waals surface area contributed by atoms with E-state index >= 15 is 0 Å². The van der Waals surface area contributed by atoms with Gasteiger partial charge >= 0.3 is 0 Å². The monoisotopic (exact) mass is 335 g/mol. The van der Waals surface area contributed by atoms with Crippen LogP contribution in [0, 0.1) is 17.2 Å². The van der Waals surface area contributed by atoms with Crippen LogP contribution in [0.2, 0.25) is 0 Å². The third kappa shape index (κ3) is 4.97. The fraction of sp³-hybridized carbons (Fsp3) is 0.500. The van der Waals surface area contributed by atoms with Crippen molar-refractivity contribution in [2.45, 2.75) is 32.6 Å². The van der Waals surface area contributed by atoms with Crippen LogP contribution in [0.15, 0.2) is 23.1 Å². The molecule has 1 aromatic rings. The summed E-state index contributed by atoms with van der Waals surface area (Å²) in [5, 5.41) is 2.68. The van der Waals surface area contributed by atoms with Gasteiger partial charge in [0, 0.05) is 22.8 Å². The van der Waals surface area contributed by atoms with Gasteiger partial charge in [0.1, 0.15) is 5.82 Å². The van der Waals surface area contributed by atoms with Gasteiger partial charge < -0.3 is 5.32 Å². The summed E-state index contributed by atoms with van der Waals surface area (Å²) >= 11 is 0. The van der Waals surface area contributed by atoms with Crippen molar-refractivity contribution in [3.05, 3.63) is 29.6 Å². The Kier molecular flexibility index (Phi) is 5.39.